The van der Waals surface area contributed by atoms with E-state index in [1.165, 1.54) is 38.0 Å². The van der Waals surface area contributed by atoms with Crippen LogP contribution in [-0.2, 0) is 0 Å². The van der Waals surface area contributed by atoms with Gasteiger partial charge in [-0.15, -0.1) is 0 Å². The maximum Gasteiger partial charge on any atom is 0.00554 e. The van der Waals surface area contributed by atoms with Gasteiger partial charge in [0.15, 0.2) is 0 Å². The first-order valence-corrected chi connectivity index (χ1v) is 6.44. The lowest BCUT2D eigenvalue weighted by atomic mass is 9.81. The zero-order chi connectivity index (χ0) is 8.81. The van der Waals surface area contributed by atoms with Crippen LogP contribution in [0.5, 0.6) is 0 Å². The highest BCUT2D eigenvalue weighted by molar-refractivity contribution is 7.98. The van der Waals surface area contributed by atoms with Gasteiger partial charge in [-0.3, -0.25) is 0 Å². The Balaban J connectivity index is 1.91. The van der Waals surface area contributed by atoms with E-state index in [-0.39, 0.29) is 0 Å². The molecule has 1 fully saturated rings. The van der Waals surface area contributed by atoms with Gasteiger partial charge in [-0.1, -0.05) is 19.3 Å². The number of hydrogen-bond donors (Lipinski definition) is 1. The second-order valence-electron chi connectivity index (χ2n) is 3.88. The van der Waals surface area contributed by atoms with Gasteiger partial charge in [-0.2, -0.15) is 11.8 Å². The molecule has 1 unspecified atom stereocenters. The smallest absolute Gasteiger partial charge is 0.00554 e. The minimum atomic E-state index is 0.738. The van der Waals surface area contributed by atoms with E-state index in [1.54, 1.807) is 0 Å². The standard InChI is InChI=1S/C10H21NS/c1-9(11-6-7-12-2)8-10-4-3-5-10/h9-11H,3-8H2,1-2H3. The molecule has 2 heteroatoms. The summed E-state index contributed by atoms with van der Waals surface area (Å²) in [5, 5.41) is 3.56. The lowest BCUT2D eigenvalue weighted by Gasteiger charge is -2.28. The molecule has 0 aromatic heterocycles. The molecule has 1 rings (SSSR count). The first kappa shape index (κ1) is 10.4. The van der Waals surface area contributed by atoms with Crippen molar-refractivity contribution < 1.29 is 0 Å². The maximum atomic E-state index is 3.56. The summed E-state index contributed by atoms with van der Waals surface area (Å²) in [6, 6.07) is 0.738. The molecule has 12 heavy (non-hydrogen) atoms. The fourth-order valence-corrected chi connectivity index (χ4v) is 2.04. The van der Waals surface area contributed by atoms with Gasteiger partial charge in [-0.25, -0.2) is 0 Å². The lowest BCUT2D eigenvalue weighted by molar-refractivity contribution is 0.267. The Morgan fingerprint density at radius 2 is 2.25 bits per heavy atom. The van der Waals surface area contributed by atoms with Crippen molar-refractivity contribution in [2.75, 3.05) is 18.6 Å². The van der Waals surface area contributed by atoms with Crippen molar-refractivity contribution in [2.45, 2.75) is 38.6 Å². The molecule has 1 aliphatic carbocycles. The fourth-order valence-electron chi connectivity index (χ4n) is 1.72. The number of rotatable bonds is 6. The van der Waals surface area contributed by atoms with Crippen molar-refractivity contribution in [2.24, 2.45) is 5.92 Å². The van der Waals surface area contributed by atoms with Crippen LogP contribution in [0.25, 0.3) is 0 Å². The topological polar surface area (TPSA) is 12.0 Å². The number of thioether (sulfide) groups is 1. The van der Waals surface area contributed by atoms with Gasteiger partial charge in [0.2, 0.25) is 0 Å². The van der Waals surface area contributed by atoms with Crippen LogP contribution in [0, 0.1) is 5.92 Å². The molecule has 1 nitrogen and oxygen atoms in total. The van der Waals surface area contributed by atoms with Gasteiger partial charge in [0.25, 0.3) is 0 Å². The molecule has 0 aromatic rings. The molecule has 0 bridgehead atoms. The summed E-state index contributed by atoms with van der Waals surface area (Å²) in [5.41, 5.74) is 0. The highest BCUT2D eigenvalue weighted by atomic mass is 32.2. The fraction of sp³-hybridized carbons (Fsp3) is 1.00. The third kappa shape index (κ3) is 3.81. The Hall–Kier alpha value is 0.310. The summed E-state index contributed by atoms with van der Waals surface area (Å²) in [6.07, 6.45) is 8.00. The molecule has 1 aliphatic rings. The quantitative estimate of drug-likeness (QED) is 0.641. The second-order valence-corrected chi connectivity index (χ2v) is 4.87. The van der Waals surface area contributed by atoms with E-state index in [9.17, 15) is 0 Å². The first-order chi connectivity index (χ1) is 5.83. The van der Waals surface area contributed by atoms with Gasteiger partial charge in [0.1, 0.15) is 0 Å². The molecule has 1 saturated carbocycles. The molecule has 1 N–H and O–H groups in total. The van der Waals surface area contributed by atoms with Gasteiger partial charge < -0.3 is 5.32 Å². The van der Waals surface area contributed by atoms with E-state index < -0.39 is 0 Å². The zero-order valence-corrected chi connectivity index (χ0v) is 9.12. The van der Waals surface area contributed by atoms with Gasteiger partial charge in [-0.05, 0) is 25.5 Å². The summed E-state index contributed by atoms with van der Waals surface area (Å²) in [7, 11) is 0. The van der Waals surface area contributed by atoms with E-state index in [4.69, 9.17) is 0 Å². The van der Waals surface area contributed by atoms with Gasteiger partial charge in [0.05, 0.1) is 0 Å². The molecular weight excluding hydrogens is 166 g/mol. The van der Waals surface area contributed by atoms with E-state index in [0.717, 1.165) is 12.0 Å². The van der Waals surface area contributed by atoms with Crippen molar-refractivity contribution in [1.29, 1.82) is 0 Å². The van der Waals surface area contributed by atoms with Crippen LogP contribution in [0.2, 0.25) is 0 Å². The highest BCUT2D eigenvalue weighted by Crippen LogP contribution is 2.30. The minimum Gasteiger partial charge on any atom is -0.313 e. The maximum absolute atomic E-state index is 3.56. The Morgan fingerprint density at radius 1 is 1.50 bits per heavy atom. The summed E-state index contributed by atoms with van der Waals surface area (Å²) in [5.74, 6) is 2.29. The van der Waals surface area contributed by atoms with Crippen LogP contribution in [-0.4, -0.2) is 24.6 Å². The van der Waals surface area contributed by atoms with Crippen LogP contribution in [0.15, 0.2) is 0 Å². The van der Waals surface area contributed by atoms with Crippen molar-refractivity contribution in [3.05, 3.63) is 0 Å². The molecule has 1 atom stereocenters. The third-order valence-corrected chi connectivity index (χ3v) is 3.32. The minimum absolute atomic E-state index is 0.738. The first-order valence-electron chi connectivity index (χ1n) is 5.05. The summed E-state index contributed by atoms with van der Waals surface area (Å²) in [6.45, 7) is 3.49. The van der Waals surface area contributed by atoms with E-state index in [1.807, 2.05) is 11.8 Å². The van der Waals surface area contributed by atoms with Crippen molar-refractivity contribution in [1.82, 2.24) is 5.32 Å². The zero-order valence-electron chi connectivity index (χ0n) is 8.31. The third-order valence-electron chi connectivity index (χ3n) is 2.71. The molecule has 0 aliphatic heterocycles. The Labute approximate surface area is 80.7 Å². The van der Waals surface area contributed by atoms with Crippen LogP contribution in [0.3, 0.4) is 0 Å². The Kier molecular flexibility index (Phi) is 5.08. The molecule has 0 amide bonds. The molecule has 0 saturated heterocycles. The predicted molar refractivity (Wildman–Crippen MR) is 57.8 cm³/mol. The number of nitrogens with one attached hydrogen (secondary N) is 1. The van der Waals surface area contributed by atoms with Gasteiger partial charge >= 0.3 is 0 Å². The summed E-state index contributed by atoms with van der Waals surface area (Å²) < 4.78 is 0. The van der Waals surface area contributed by atoms with E-state index in [0.29, 0.717) is 0 Å². The van der Waals surface area contributed by atoms with Crippen LogP contribution < -0.4 is 5.32 Å². The summed E-state index contributed by atoms with van der Waals surface area (Å²) >= 11 is 1.92. The Morgan fingerprint density at radius 3 is 2.75 bits per heavy atom. The molecule has 72 valence electrons. The summed E-state index contributed by atoms with van der Waals surface area (Å²) in [4.78, 5) is 0. The SMILES string of the molecule is CSCCNC(C)CC1CCC1. The lowest BCUT2D eigenvalue weighted by Crippen LogP contribution is -2.31. The Bertz CT molecular complexity index is 112. The van der Waals surface area contributed by atoms with Crippen LogP contribution in [0.4, 0.5) is 0 Å². The molecule has 0 heterocycles. The van der Waals surface area contributed by atoms with Crippen LogP contribution >= 0.6 is 11.8 Å². The highest BCUT2D eigenvalue weighted by Gasteiger charge is 2.19. The average molecular weight is 187 g/mol. The van der Waals surface area contributed by atoms with E-state index in [2.05, 4.69) is 18.5 Å². The molecule has 0 radical (unpaired) electrons. The number of hydrogen-bond acceptors (Lipinski definition) is 2. The monoisotopic (exact) mass is 187 g/mol. The normalized spacial score (nSPS) is 20.5. The van der Waals surface area contributed by atoms with Crippen molar-refractivity contribution >= 4 is 11.8 Å². The molecule has 0 spiro atoms. The predicted octanol–water partition coefficient (Wildman–Crippen LogP) is 2.52. The van der Waals surface area contributed by atoms with Gasteiger partial charge in [0, 0.05) is 18.3 Å². The van der Waals surface area contributed by atoms with E-state index >= 15 is 0 Å². The second kappa shape index (κ2) is 5.87. The largest absolute Gasteiger partial charge is 0.313 e. The molecule has 0 aromatic carbocycles. The van der Waals surface area contributed by atoms with Crippen molar-refractivity contribution in [3.8, 4) is 0 Å². The van der Waals surface area contributed by atoms with Crippen LogP contribution in [0.1, 0.15) is 32.6 Å². The average Bonchev–Trinajstić information content (AvgIpc) is 1.98. The van der Waals surface area contributed by atoms with Crippen molar-refractivity contribution in [3.63, 3.8) is 0 Å². The molecular formula is C10H21NS.